The third-order valence-corrected chi connectivity index (χ3v) is 6.21. The number of amides is 3. The van der Waals surface area contributed by atoms with Crippen molar-refractivity contribution in [1.29, 1.82) is 0 Å². The largest absolute Gasteiger partial charge is 0.493 e. The highest BCUT2D eigenvalue weighted by molar-refractivity contribution is 6.22. The van der Waals surface area contributed by atoms with E-state index in [1.807, 2.05) is 43.3 Å². The van der Waals surface area contributed by atoms with Gasteiger partial charge < -0.3 is 14.4 Å². The summed E-state index contributed by atoms with van der Waals surface area (Å²) in [7, 11) is 0. The van der Waals surface area contributed by atoms with Crippen LogP contribution in [0, 0.1) is 18.8 Å². The summed E-state index contributed by atoms with van der Waals surface area (Å²) in [4.78, 5) is 42.6. The van der Waals surface area contributed by atoms with Gasteiger partial charge in [-0.15, -0.1) is 0 Å². The molecular formula is C23H22N2O5. The molecule has 30 heavy (non-hydrogen) atoms. The molecule has 5 rings (SSSR count). The number of ether oxygens (including phenoxy) is 2. The van der Waals surface area contributed by atoms with Gasteiger partial charge in [0.05, 0.1) is 30.9 Å². The Morgan fingerprint density at radius 1 is 1.10 bits per heavy atom. The zero-order chi connectivity index (χ0) is 21.0. The second kappa shape index (κ2) is 6.86. The summed E-state index contributed by atoms with van der Waals surface area (Å²) < 4.78 is 11.2. The summed E-state index contributed by atoms with van der Waals surface area (Å²) in [5.74, 6) is -1.29. The SMILES string of the molecule is CCOC(=O)[C@H]1C2C(=O)N(c3ccc(C)cc3)C(=O)N2[C@@H]2c3ccccc3OC[C@@H]21. The lowest BCUT2D eigenvalue weighted by atomic mass is 9.83. The van der Waals surface area contributed by atoms with Crippen LogP contribution in [0.5, 0.6) is 5.75 Å². The molecule has 0 aliphatic carbocycles. The number of hydrogen-bond acceptors (Lipinski definition) is 5. The van der Waals surface area contributed by atoms with Gasteiger partial charge in [-0.2, -0.15) is 0 Å². The van der Waals surface area contributed by atoms with Crippen molar-refractivity contribution >= 4 is 23.6 Å². The highest BCUT2D eigenvalue weighted by Gasteiger charge is 2.65. The summed E-state index contributed by atoms with van der Waals surface area (Å²) in [6.45, 7) is 4.13. The number of aryl methyl sites for hydroxylation is 1. The van der Waals surface area contributed by atoms with E-state index in [2.05, 4.69) is 0 Å². The van der Waals surface area contributed by atoms with E-state index < -0.39 is 35.9 Å². The van der Waals surface area contributed by atoms with Gasteiger partial charge in [0.1, 0.15) is 11.8 Å². The van der Waals surface area contributed by atoms with Crippen LogP contribution in [0.1, 0.15) is 24.1 Å². The number of hydrogen-bond donors (Lipinski definition) is 0. The van der Waals surface area contributed by atoms with Gasteiger partial charge in [0.15, 0.2) is 0 Å². The van der Waals surface area contributed by atoms with Crippen molar-refractivity contribution < 1.29 is 23.9 Å². The Bertz CT molecular complexity index is 1030. The Balaban J connectivity index is 1.62. The average Bonchev–Trinajstić information content (AvgIpc) is 3.22. The first-order chi connectivity index (χ1) is 14.5. The fraction of sp³-hybridized carbons (Fsp3) is 0.348. The van der Waals surface area contributed by atoms with Crippen molar-refractivity contribution in [3.8, 4) is 5.75 Å². The van der Waals surface area contributed by atoms with Crippen LogP contribution in [-0.4, -0.2) is 42.1 Å². The molecule has 2 saturated heterocycles. The standard InChI is InChI=1S/C23H22N2O5/c1-3-29-22(27)18-16-12-30-17-7-5-4-6-15(17)19(16)25-20(18)21(26)24(23(25)28)14-10-8-13(2)9-11-14/h4-11,16,18-20H,3,12H2,1-2H3/t16-,18-,19-,20?/m1/s1. The lowest BCUT2D eigenvalue weighted by Crippen LogP contribution is -2.42. The molecule has 3 heterocycles. The van der Waals surface area contributed by atoms with E-state index in [9.17, 15) is 14.4 Å². The number of nitrogens with zero attached hydrogens (tertiary/aromatic N) is 2. The van der Waals surface area contributed by atoms with Crippen molar-refractivity contribution in [1.82, 2.24) is 4.90 Å². The van der Waals surface area contributed by atoms with Gasteiger partial charge in [-0.3, -0.25) is 9.59 Å². The quantitative estimate of drug-likeness (QED) is 0.578. The smallest absolute Gasteiger partial charge is 0.332 e. The van der Waals surface area contributed by atoms with E-state index in [4.69, 9.17) is 9.47 Å². The molecule has 2 aromatic carbocycles. The molecule has 1 unspecified atom stereocenters. The Morgan fingerprint density at radius 2 is 1.83 bits per heavy atom. The third-order valence-electron chi connectivity index (χ3n) is 6.21. The van der Waals surface area contributed by atoms with Crippen molar-refractivity contribution in [2.24, 2.45) is 11.8 Å². The Morgan fingerprint density at radius 3 is 2.57 bits per heavy atom. The van der Waals surface area contributed by atoms with Crippen molar-refractivity contribution in [2.45, 2.75) is 25.9 Å². The molecule has 7 nitrogen and oxygen atoms in total. The number of rotatable bonds is 3. The molecule has 0 bridgehead atoms. The van der Waals surface area contributed by atoms with Crippen molar-refractivity contribution in [2.75, 3.05) is 18.1 Å². The summed E-state index contributed by atoms with van der Waals surface area (Å²) in [6, 6.07) is 13.0. The van der Waals surface area contributed by atoms with E-state index in [0.29, 0.717) is 11.4 Å². The molecule has 7 heteroatoms. The number of carbonyl (C=O) groups excluding carboxylic acids is 3. The average molecular weight is 406 g/mol. The minimum atomic E-state index is -0.900. The van der Waals surface area contributed by atoms with Crippen LogP contribution in [-0.2, 0) is 14.3 Å². The molecular weight excluding hydrogens is 384 g/mol. The number of imide groups is 1. The number of fused-ring (bicyclic) bond motifs is 5. The molecule has 2 aromatic rings. The van der Waals surface area contributed by atoms with E-state index in [0.717, 1.165) is 11.1 Å². The fourth-order valence-electron chi connectivity index (χ4n) is 4.93. The van der Waals surface area contributed by atoms with Gasteiger partial charge in [0.2, 0.25) is 0 Å². The number of urea groups is 1. The Hall–Kier alpha value is -3.35. The van der Waals surface area contributed by atoms with Crippen LogP contribution in [0.4, 0.5) is 10.5 Å². The molecule has 154 valence electrons. The number of benzene rings is 2. The summed E-state index contributed by atoms with van der Waals surface area (Å²) >= 11 is 0. The number of carbonyl (C=O) groups is 3. The van der Waals surface area contributed by atoms with Gasteiger partial charge in [-0.25, -0.2) is 9.69 Å². The second-order valence-corrected chi connectivity index (χ2v) is 7.88. The van der Waals surface area contributed by atoms with E-state index >= 15 is 0 Å². The molecule has 0 N–H and O–H groups in total. The second-order valence-electron chi connectivity index (χ2n) is 7.88. The lowest BCUT2D eigenvalue weighted by Gasteiger charge is -2.33. The van der Waals surface area contributed by atoms with E-state index in [1.54, 1.807) is 24.0 Å². The number of anilines is 1. The van der Waals surface area contributed by atoms with Gasteiger partial charge in [-0.05, 0) is 32.0 Å². The molecule has 2 fully saturated rings. The Kier molecular flexibility index (Phi) is 4.27. The lowest BCUT2D eigenvalue weighted by molar-refractivity contribution is -0.152. The maximum Gasteiger partial charge on any atom is 0.332 e. The van der Waals surface area contributed by atoms with Crippen LogP contribution in [0.25, 0.3) is 0 Å². The number of esters is 1. The van der Waals surface area contributed by atoms with Crippen molar-refractivity contribution in [3.05, 3.63) is 59.7 Å². The predicted octanol–water partition coefficient (Wildman–Crippen LogP) is 3.08. The van der Waals surface area contributed by atoms with Crippen LogP contribution < -0.4 is 9.64 Å². The predicted molar refractivity (Wildman–Crippen MR) is 108 cm³/mol. The van der Waals surface area contributed by atoms with E-state index in [-0.39, 0.29) is 19.1 Å². The topological polar surface area (TPSA) is 76.2 Å². The molecule has 3 aliphatic rings. The molecule has 0 aromatic heterocycles. The highest BCUT2D eigenvalue weighted by atomic mass is 16.5. The summed E-state index contributed by atoms with van der Waals surface area (Å²) in [6.07, 6.45) is 0. The highest BCUT2D eigenvalue weighted by Crippen LogP contribution is 2.53. The first-order valence-corrected chi connectivity index (χ1v) is 10.1. The fourth-order valence-corrected chi connectivity index (χ4v) is 4.93. The van der Waals surface area contributed by atoms with E-state index in [1.165, 1.54) is 4.90 Å². The maximum absolute atomic E-state index is 13.5. The van der Waals surface area contributed by atoms with Gasteiger partial charge in [0, 0.05) is 11.5 Å². The molecule has 0 spiro atoms. The molecule has 0 saturated carbocycles. The summed E-state index contributed by atoms with van der Waals surface area (Å²) in [5, 5.41) is 0. The monoisotopic (exact) mass is 406 g/mol. The third kappa shape index (κ3) is 2.54. The Labute approximate surface area is 174 Å². The minimum Gasteiger partial charge on any atom is -0.493 e. The first kappa shape index (κ1) is 18.7. The molecule has 3 amide bonds. The maximum atomic E-state index is 13.5. The van der Waals surface area contributed by atoms with Gasteiger partial charge in [-0.1, -0.05) is 35.9 Å². The van der Waals surface area contributed by atoms with Crippen LogP contribution in [0.15, 0.2) is 48.5 Å². The van der Waals surface area contributed by atoms with Gasteiger partial charge in [0.25, 0.3) is 5.91 Å². The first-order valence-electron chi connectivity index (χ1n) is 10.1. The normalized spacial score (nSPS) is 26.7. The number of para-hydroxylation sites is 1. The van der Waals surface area contributed by atoms with Crippen LogP contribution in [0.3, 0.4) is 0 Å². The van der Waals surface area contributed by atoms with Crippen LogP contribution in [0.2, 0.25) is 0 Å². The zero-order valence-electron chi connectivity index (χ0n) is 16.8. The zero-order valence-corrected chi connectivity index (χ0v) is 16.8. The van der Waals surface area contributed by atoms with Gasteiger partial charge >= 0.3 is 12.0 Å². The molecule has 3 aliphatic heterocycles. The van der Waals surface area contributed by atoms with Crippen LogP contribution >= 0.6 is 0 Å². The molecule has 4 atom stereocenters. The summed E-state index contributed by atoms with van der Waals surface area (Å²) in [5.41, 5.74) is 2.35. The molecule has 0 radical (unpaired) electrons. The minimum absolute atomic E-state index is 0.209. The van der Waals surface area contributed by atoms with Crippen molar-refractivity contribution in [3.63, 3.8) is 0 Å².